The normalized spacial score (nSPS) is 15.7. The molecule has 1 atom stereocenters. The SMILES string of the molecule is COc1ccc(C(Nc2ccc(S(=O)(=O)N3CCCC3)cc2)C(=O)NC(C)(C)C)cc1OC. The van der Waals surface area contributed by atoms with E-state index in [9.17, 15) is 13.2 Å². The first-order valence-corrected chi connectivity index (χ1v) is 12.4. The van der Waals surface area contributed by atoms with Crippen molar-refractivity contribution < 1.29 is 22.7 Å². The van der Waals surface area contributed by atoms with Gasteiger partial charge in [-0.1, -0.05) is 6.07 Å². The molecule has 1 amide bonds. The first-order chi connectivity index (χ1) is 15.5. The summed E-state index contributed by atoms with van der Waals surface area (Å²) in [5.41, 5.74) is 0.878. The molecule has 1 aliphatic heterocycles. The second-order valence-electron chi connectivity index (χ2n) is 9.07. The maximum atomic E-state index is 13.2. The van der Waals surface area contributed by atoms with Crippen LogP contribution in [0.2, 0.25) is 0 Å². The summed E-state index contributed by atoms with van der Waals surface area (Å²) >= 11 is 0. The molecule has 1 aliphatic rings. The smallest absolute Gasteiger partial charge is 0.247 e. The molecule has 33 heavy (non-hydrogen) atoms. The van der Waals surface area contributed by atoms with Crippen LogP contribution in [-0.4, -0.2) is 51.5 Å². The fourth-order valence-electron chi connectivity index (χ4n) is 3.74. The van der Waals surface area contributed by atoms with Gasteiger partial charge in [0.2, 0.25) is 15.9 Å². The summed E-state index contributed by atoms with van der Waals surface area (Å²) < 4.78 is 37.8. The third kappa shape index (κ3) is 5.97. The summed E-state index contributed by atoms with van der Waals surface area (Å²) in [5, 5.41) is 6.24. The fourth-order valence-corrected chi connectivity index (χ4v) is 5.26. The molecule has 9 heteroatoms. The van der Waals surface area contributed by atoms with Gasteiger partial charge >= 0.3 is 0 Å². The molecular weight excluding hydrogens is 442 g/mol. The molecule has 0 spiro atoms. The van der Waals surface area contributed by atoms with Crippen molar-refractivity contribution in [1.29, 1.82) is 0 Å². The largest absolute Gasteiger partial charge is 0.493 e. The Morgan fingerprint density at radius 1 is 0.970 bits per heavy atom. The number of anilines is 1. The van der Waals surface area contributed by atoms with Gasteiger partial charge in [-0.05, 0) is 75.6 Å². The zero-order valence-electron chi connectivity index (χ0n) is 19.8. The lowest BCUT2D eigenvalue weighted by Gasteiger charge is -2.27. The number of carbonyl (C=O) groups excluding carboxylic acids is 1. The van der Waals surface area contributed by atoms with Crippen molar-refractivity contribution in [3.05, 3.63) is 48.0 Å². The van der Waals surface area contributed by atoms with Gasteiger partial charge in [-0.25, -0.2) is 8.42 Å². The number of amides is 1. The van der Waals surface area contributed by atoms with Gasteiger partial charge in [-0.15, -0.1) is 0 Å². The van der Waals surface area contributed by atoms with E-state index in [0.29, 0.717) is 35.8 Å². The third-order valence-electron chi connectivity index (χ3n) is 5.37. The van der Waals surface area contributed by atoms with Crippen molar-refractivity contribution in [2.75, 3.05) is 32.6 Å². The Morgan fingerprint density at radius 2 is 1.58 bits per heavy atom. The predicted octanol–water partition coefficient (Wildman–Crippen LogP) is 3.56. The highest BCUT2D eigenvalue weighted by Crippen LogP contribution is 2.32. The van der Waals surface area contributed by atoms with E-state index in [2.05, 4.69) is 10.6 Å². The molecule has 1 unspecified atom stereocenters. The number of nitrogens with one attached hydrogen (secondary N) is 2. The average molecular weight is 476 g/mol. The van der Waals surface area contributed by atoms with E-state index in [1.807, 2.05) is 20.8 Å². The predicted molar refractivity (Wildman–Crippen MR) is 128 cm³/mol. The molecule has 3 rings (SSSR count). The van der Waals surface area contributed by atoms with E-state index in [1.54, 1.807) is 56.7 Å². The maximum absolute atomic E-state index is 13.2. The second kappa shape index (κ2) is 10.0. The number of methoxy groups -OCH3 is 2. The molecule has 0 saturated carbocycles. The van der Waals surface area contributed by atoms with Crippen molar-refractivity contribution in [1.82, 2.24) is 9.62 Å². The minimum Gasteiger partial charge on any atom is -0.493 e. The molecular formula is C24H33N3O5S. The van der Waals surface area contributed by atoms with Crippen molar-refractivity contribution in [2.24, 2.45) is 0 Å². The van der Waals surface area contributed by atoms with Crippen molar-refractivity contribution in [3.8, 4) is 11.5 Å². The number of sulfonamides is 1. The van der Waals surface area contributed by atoms with Crippen LogP contribution in [0, 0.1) is 0 Å². The van der Waals surface area contributed by atoms with Crippen LogP contribution >= 0.6 is 0 Å². The lowest BCUT2D eigenvalue weighted by Crippen LogP contribution is -2.44. The van der Waals surface area contributed by atoms with Gasteiger partial charge in [0.05, 0.1) is 19.1 Å². The average Bonchev–Trinajstić information content (AvgIpc) is 3.32. The molecule has 180 valence electrons. The number of hydrogen-bond acceptors (Lipinski definition) is 6. The van der Waals surface area contributed by atoms with Gasteiger partial charge in [-0.3, -0.25) is 4.79 Å². The summed E-state index contributed by atoms with van der Waals surface area (Å²) in [6.45, 7) is 6.84. The van der Waals surface area contributed by atoms with Crippen LogP contribution in [0.25, 0.3) is 0 Å². The van der Waals surface area contributed by atoms with E-state index >= 15 is 0 Å². The molecule has 1 heterocycles. The minimum atomic E-state index is -3.50. The Bertz CT molecular complexity index is 1070. The number of rotatable bonds is 8. The van der Waals surface area contributed by atoms with Gasteiger partial charge < -0.3 is 20.1 Å². The molecule has 8 nitrogen and oxygen atoms in total. The van der Waals surface area contributed by atoms with Crippen LogP contribution in [0.4, 0.5) is 5.69 Å². The van der Waals surface area contributed by atoms with E-state index in [1.165, 1.54) is 4.31 Å². The summed E-state index contributed by atoms with van der Waals surface area (Å²) in [6.07, 6.45) is 1.77. The topological polar surface area (TPSA) is 97.0 Å². The monoisotopic (exact) mass is 475 g/mol. The number of hydrogen-bond donors (Lipinski definition) is 2. The van der Waals surface area contributed by atoms with E-state index in [4.69, 9.17) is 9.47 Å². The maximum Gasteiger partial charge on any atom is 0.247 e. The molecule has 2 aromatic rings. The van der Waals surface area contributed by atoms with Crippen molar-refractivity contribution in [3.63, 3.8) is 0 Å². The van der Waals surface area contributed by atoms with Crippen LogP contribution < -0.4 is 20.1 Å². The fraction of sp³-hybridized carbons (Fsp3) is 0.458. The van der Waals surface area contributed by atoms with Gasteiger partial charge in [-0.2, -0.15) is 4.31 Å². The second-order valence-corrected chi connectivity index (χ2v) is 11.0. The summed E-state index contributed by atoms with van der Waals surface area (Å²) in [6, 6.07) is 11.1. The lowest BCUT2D eigenvalue weighted by atomic mass is 10.0. The van der Waals surface area contributed by atoms with E-state index in [0.717, 1.165) is 12.8 Å². The Hall–Kier alpha value is -2.78. The quantitative estimate of drug-likeness (QED) is 0.606. The van der Waals surface area contributed by atoms with Crippen LogP contribution in [0.3, 0.4) is 0 Å². The summed E-state index contributed by atoms with van der Waals surface area (Å²) in [5.74, 6) is 0.855. The molecule has 0 aromatic heterocycles. The van der Waals surface area contributed by atoms with Gasteiger partial charge in [0.25, 0.3) is 0 Å². The summed E-state index contributed by atoms with van der Waals surface area (Å²) in [7, 11) is -0.404. The first-order valence-electron chi connectivity index (χ1n) is 11.0. The Morgan fingerprint density at radius 3 is 2.12 bits per heavy atom. The van der Waals surface area contributed by atoms with E-state index < -0.39 is 21.6 Å². The van der Waals surface area contributed by atoms with Crippen molar-refractivity contribution in [2.45, 2.75) is 50.1 Å². The van der Waals surface area contributed by atoms with Crippen LogP contribution in [0.15, 0.2) is 47.4 Å². The highest BCUT2D eigenvalue weighted by Gasteiger charge is 2.28. The molecule has 2 N–H and O–H groups in total. The molecule has 1 saturated heterocycles. The number of carbonyl (C=O) groups is 1. The zero-order chi connectivity index (χ0) is 24.2. The highest BCUT2D eigenvalue weighted by atomic mass is 32.2. The molecule has 0 bridgehead atoms. The zero-order valence-corrected chi connectivity index (χ0v) is 20.7. The number of benzene rings is 2. The Labute approximate surface area is 196 Å². The number of nitrogens with zero attached hydrogens (tertiary/aromatic N) is 1. The van der Waals surface area contributed by atoms with Gasteiger partial charge in [0.1, 0.15) is 6.04 Å². The van der Waals surface area contributed by atoms with Crippen LogP contribution in [0.1, 0.15) is 45.2 Å². The summed E-state index contributed by atoms with van der Waals surface area (Å²) in [4.78, 5) is 13.4. The number of ether oxygens (including phenoxy) is 2. The Balaban J connectivity index is 1.89. The standard InChI is InChI=1S/C24H33N3O5S/c1-24(2,3)26-23(28)22(17-8-13-20(31-4)21(16-17)32-5)25-18-9-11-19(12-10-18)33(29,30)27-14-6-7-15-27/h8-13,16,22,25H,6-7,14-15H2,1-5H3,(H,26,28). The molecule has 2 aromatic carbocycles. The Kier molecular flexibility index (Phi) is 7.54. The minimum absolute atomic E-state index is 0.219. The highest BCUT2D eigenvalue weighted by molar-refractivity contribution is 7.89. The van der Waals surface area contributed by atoms with Gasteiger partial charge in [0.15, 0.2) is 11.5 Å². The van der Waals surface area contributed by atoms with Crippen LogP contribution in [-0.2, 0) is 14.8 Å². The molecule has 0 aliphatic carbocycles. The van der Waals surface area contributed by atoms with Crippen molar-refractivity contribution >= 4 is 21.6 Å². The third-order valence-corrected chi connectivity index (χ3v) is 7.28. The lowest BCUT2D eigenvalue weighted by molar-refractivity contribution is -0.123. The molecule has 0 radical (unpaired) electrons. The van der Waals surface area contributed by atoms with Gasteiger partial charge in [0, 0.05) is 24.3 Å². The van der Waals surface area contributed by atoms with E-state index in [-0.39, 0.29) is 10.8 Å². The van der Waals surface area contributed by atoms with Crippen LogP contribution in [0.5, 0.6) is 11.5 Å². The first kappa shape index (κ1) is 24.9. The molecule has 1 fully saturated rings.